The fourth-order valence-corrected chi connectivity index (χ4v) is 3.53. The first kappa shape index (κ1) is 18.3. The third-order valence-electron chi connectivity index (χ3n) is 5.07. The monoisotopic (exact) mass is 379 g/mol. The van der Waals surface area contributed by atoms with E-state index in [1.807, 2.05) is 0 Å². The summed E-state index contributed by atoms with van der Waals surface area (Å²) in [6.45, 7) is 0. The second-order valence-corrected chi connectivity index (χ2v) is 7.11. The van der Waals surface area contributed by atoms with Gasteiger partial charge in [0.25, 0.3) is 5.56 Å². The van der Waals surface area contributed by atoms with Crippen LogP contribution in [0.2, 0.25) is 0 Å². The molecule has 1 aliphatic carbocycles. The molecule has 6 nitrogen and oxygen atoms in total. The van der Waals surface area contributed by atoms with Gasteiger partial charge in [0.15, 0.2) is 5.82 Å². The fraction of sp³-hybridized carbons (Fsp3) is 0.286. The van der Waals surface area contributed by atoms with Crippen LogP contribution in [-0.4, -0.2) is 26.6 Å². The molecule has 1 saturated carbocycles. The molecule has 0 atom stereocenters. The second kappa shape index (κ2) is 7.90. The molecule has 0 radical (unpaired) electrons. The number of hydrogen-bond acceptors (Lipinski definition) is 5. The molecule has 0 aliphatic heterocycles. The van der Waals surface area contributed by atoms with Crippen LogP contribution in [0.1, 0.15) is 25.7 Å². The maximum atomic E-state index is 14.5. The van der Waals surface area contributed by atoms with E-state index in [2.05, 4.69) is 15.3 Å². The van der Waals surface area contributed by atoms with E-state index in [4.69, 9.17) is 5.73 Å². The Balaban J connectivity index is 1.63. The molecule has 4 rings (SSSR count). The van der Waals surface area contributed by atoms with Gasteiger partial charge in [-0.05, 0) is 43.9 Å². The van der Waals surface area contributed by atoms with Crippen LogP contribution in [0, 0.1) is 5.82 Å². The lowest BCUT2D eigenvalue weighted by Crippen LogP contribution is -2.33. The molecule has 1 fully saturated rings. The minimum absolute atomic E-state index is 0.152. The molecule has 0 bridgehead atoms. The molecule has 1 aliphatic rings. The quantitative estimate of drug-likeness (QED) is 0.727. The van der Waals surface area contributed by atoms with E-state index in [9.17, 15) is 9.18 Å². The molecule has 7 heteroatoms. The maximum Gasteiger partial charge on any atom is 0.255 e. The Kier molecular flexibility index (Phi) is 5.16. The largest absolute Gasteiger partial charge is 0.351 e. The third-order valence-corrected chi connectivity index (χ3v) is 5.07. The zero-order chi connectivity index (χ0) is 19.5. The minimum atomic E-state index is -0.506. The summed E-state index contributed by atoms with van der Waals surface area (Å²) in [7, 11) is 0. The smallest absolute Gasteiger partial charge is 0.255 e. The van der Waals surface area contributed by atoms with Crippen LogP contribution in [0.15, 0.2) is 59.7 Å². The normalized spacial score (nSPS) is 19.4. The average Bonchev–Trinajstić information content (AvgIpc) is 2.71. The van der Waals surface area contributed by atoms with Crippen LogP contribution in [0.3, 0.4) is 0 Å². The van der Waals surface area contributed by atoms with Crippen molar-refractivity contribution in [2.24, 2.45) is 5.73 Å². The third kappa shape index (κ3) is 3.94. The molecule has 144 valence electrons. The summed E-state index contributed by atoms with van der Waals surface area (Å²) in [6.07, 6.45) is 6.67. The van der Waals surface area contributed by atoms with Gasteiger partial charge in [0, 0.05) is 35.6 Å². The van der Waals surface area contributed by atoms with Crippen LogP contribution in [0.25, 0.3) is 16.9 Å². The number of nitrogens with one attached hydrogen (secondary N) is 1. The highest BCUT2D eigenvalue weighted by Crippen LogP contribution is 2.25. The van der Waals surface area contributed by atoms with Gasteiger partial charge in [-0.15, -0.1) is 0 Å². The Morgan fingerprint density at radius 1 is 1.11 bits per heavy atom. The molecule has 0 unspecified atom stereocenters. The highest BCUT2D eigenvalue weighted by molar-refractivity contribution is 5.63. The summed E-state index contributed by atoms with van der Waals surface area (Å²) in [5.74, 6) is -0.104. The van der Waals surface area contributed by atoms with E-state index in [0.717, 1.165) is 25.7 Å². The summed E-state index contributed by atoms with van der Waals surface area (Å²) in [5.41, 5.74) is 7.24. The Bertz CT molecular complexity index is 1030. The molecule has 0 amide bonds. The van der Waals surface area contributed by atoms with Gasteiger partial charge in [-0.1, -0.05) is 18.2 Å². The van der Waals surface area contributed by atoms with Gasteiger partial charge >= 0.3 is 0 Å². The first-order valence-corrected chi connectivity index (χ1v) is 9.43. The van der Waals surface area contributed by atoms with Crippen molar-refractivity contribution in [3.63, 3.8) is 0 Å². The maximum absolute atomic E-state index is 14.5. The number of hydrogen-bond donors (Lipinski definition) is 2. The minimum Gasteiger partial charge on any atom is -0.351 e. The number of pyridine rings is 1. The van der Waals surface area contributed by atoms with E-state index < -0.39 is 5.82 Å². The predicted molar refractivity (Wildman–Crippen MR) is 107 cm³/mol. The summed E-state index contributed by atoms with van der Waals surface area (Å²) in [6, 6.07) is 12.5. The van der Waals surface area contributed by atoms with Gasteiger partial charge in [-0.25, -0.2) is 14.4 Å². The summed E-state index contributed by atoms with van der Waals surface area (Å²) < 4.78 is 16.0. The van der Waals surface area contributed by atoms with Crippen molar-refractivity contribution in [3.8, 4) is 16.9 Å². The Hall–Kier alpha value is -3.06. The van der Waals surface area contributed by atoms with Crippen molar-refractivity contribution >= 4 is 5.95 Å². The molecular weight excluding hydrogens is 357 g/mol. The lowest BCUT2D eigenvalue weighted by atomic mass is 9.92. The van der Waals surface area contributed by atoms with Gasteiger partial charge < -0.3 is 11.1 Å². The van der Waals surface area contributed by atoms with E-state index in [-0.39, 0.29) is 23.3 Å². The standard InChI is InChI=1S/C21H22FN5O/c22-18-13-24-21(25-16-9-7-15(23)8-10-16)26-20(18)14-4-3-5-17(12-14)27-11-2-1-6-19(27)28/h1-6,11-13,15-16H,7-10,23H2,(H,24,25,26)/t15-,16-. The zero-order valence-corrected chi connectivity index (χ0v) is 15.4. The summed E-state index contributed by atoms with van der Waals surface area (Å²) in [5, 5.41) is 3.29. The van der Waals surface area contributed by atoms with E-state index in [0.29, 0.717) is 17.2 Å². The van der Waals surface area contributed by atoms with Crippen LogP contribution in [0.4, 0.5) is 10.3 Å². The number of nitrogens with zero attached hydrogens (tertiary/aromatic N) is 3. The van der Waals surface area contributed by atoms with Gasteiger partial charge in [0.1, 0.15) is 5.69 Å². The first-order chi connectivity index (χ1) is 13.6. The highest BCUT2D eigenvalue weighted by Gasteiger charge is 2.20. The molecule has 2 aromatic heterocycles. The van der Waals surface area contributed by atoms with Crippen LogP contribution >= 0.6 is 0 Å². The van der Waals surface area contributed by atoms with E-state index >= 15 is 0 Å². The Morgan fingerprint density at radius 2 is 1.93 bits per heavy atom. The molecule has 0 saturated heterocycles. The molecule has 3 aromatic rings. The molecule has 28 heavy (non-hydrogen) atoms. The van der Waals surface area contributed by atoms with Crippen molar-refractivity contribution in [1.82, 2.24) is 14.5 Å². The van der Waals surface area contributed by atoms with Gasteiger partial charge in [0.05, 0.1) is 6.20 Å². The predicted octanol–water partition coefficient (Wildman–Crippen LogP) is 3.12. The Morgan fingerprint density at radius 3 is 2.71 bits per heavy atom. The van der Waals surface area contributed by atoms with Crippen molar-refractivity contribution in [3.05, 3.63) is 71.0 Å². The zero-order valence-electron chi connectivity index (χ0n) is 15.4. The average molecular weight is 379 g/mol. The Labute approximate surface area is 162 Å². The van der Waals surface area contributed by atoms with Crippen LogP contribution in [0.5, 0.6) is 0 Å². The fourth-order valence-electron chi connectivity index (χ4n) is 3.53. The lowest BCUT2D eigenvalue weighted by molar-refractivity contribution is 0.409. The number of anilines is 1. The summed E-state index contributed by atoms with van der Waals surface area (Å²) >= 11 is 0. The van der Waals surface area contributed by atoms with E-state index in [1.54, 1.807) is 42.6 Å². The highest BCUT2D eigenvalue weighted by atomic mass is 19.1. The van der Waals surface area contributed by atoms with Crippen molar-refractivity contribution < 1.29 is 4.39 Å². The molecule has 1 aromatic carbocycles. The van der Waals surface area contributed by atoms with E-state index in [1.165, 1.54) is 16.8 Å². The molecule has 0 spiro atoms. The molecular formula is C21H22FN5O. The number of halogens is 1. The molecule has 3 N–H and O–H groups in total. The van der Waals surface area contributed by atoms with Crippen molar-refractivity contribution in [1.29, 1.82) is 0 Å². The number of rotatable bonds is 4. The van der Waals surface area contributed by atoms with Crippen molar-refractivity contribution in [2.75, 3.05) is 5.32 Å². The second-order valence-electron chi connectivity index (χ2n) is 7.11. The van der Waals surface area contributed by atoms with Gasteiger partial charge in [0.2, 0.25) is 5.95 Å². The molecule has 2 heterocycles. The van der Waals surface area contributed by atoms with Crippen molar-refractivity contribution in [2.45, 2.75) is 37.8 Å². The van der Waals surface area contributed by atoms with Gasteiger partial charge in [-0.2, -0.15) is 0 Å². The van der Waals surface area contributed by atoms with Crippen LogP contribution in [-0.2, 0) is 0 Å². The number of aromatic nitrogens is 3. The SMILES string of the molecule is N[C@H]1CC[C@H](Nc2ncc(F)c(-c3cccc(-n4ccccc4=O)c3)n2)CC1. The number of nitrogens with two attached hydrogens (primary N) is 1. The summed E-state index contributed by atoms with van der Waals surface area (Å²) in [4.78, 5) is 20.6. The lowest BCUT2D eigenvalue weighted by Gasteiger charge is -2.26. The topological polar surface area (TPSA) is 85.8 Å². The van der Waals surface area contributed by atoms with Crippen LogP contribution < -0.4 is 16.6 Å². The van der Waals surface area contributed by atoms with Gasteiger partial charge in [-0.3, -0.25) is 9.36 Å². The first-order valence-electron chi connectivity index (χ1n) is 9.43. The number of benzene rings is 1.